The van der Waals surface area contributed by atoms with E-state index in [4.69, 9.17) is 9.97 Å². The fourth-order valence-corrected chi connectivity index (χ4v) is 3.87. The summed E-state index contributed by atoms with van der Waals surface area (Å²) in [6, 6.07) is 9.47. The number of aromatic nitrogens is 2. The predicted octanol–water partition coefficient (Wildman–Crippen LogP) is 2.81. The molecule has 30 heavy (non-hydrogen) atoms. The second kappa shape index (κ2) is 10.4. The molecule has 1 aromatic heterocycles. The van der Waals surface area contributed by atoms with Crippen LogP contribution in [-0.4, -0.2) is 68.1 Å². The van der Waals surface area contributed by atoms with Gasteiger partial charge < -0.3 is 20.0 Å². The number of hydrogen-bond acceptors (Lipinski definition) is 7. The maximum Gasteiger partial charge on any atom is 0.229 e. The SMILES string of the molecule is CCN(CC)c1nc(N(CC)CC)c(C(=O)c2ccccc2)c(N2CCNCC2)n1. The van der Waals surface area contributed by atoms with Crippen molar-refractivity contribution in [2.45, 2.75) is 27.7 Å². The quantitative estimate of drug-likeness (QED) is 0.638. The standard InChI is InChI=1S/C23H34N6O/c1-5-27(6-2)21-19(20(30)18-12-10-9-11-13-18)22(29-16-14-24-15-17-29)26-23(25-21)28(7-3)8-4/h9-13,24H,5-8,14-17H2,1-4H3. The Morgan fingerprint density at radius 3 is 2.10 bits per heavy atom. The summed E-state index contributed by atoms with van der Waals surface area (Å²) in [5, 5.41) is 3.39. The molecule has 0 unspecified atom stereocenters. The maximum absolute atomic E-state index is 13.7. The highest BCUT2D eigenvalue weighted by atomic mass is 16.1. The molecular weight excluding hydrogens is 376 g/mol. The summed E-state index contributed by atoms with van der Waals surface area (Å²) < 4.78 is 0. The lowest BCUT2D eigenvalue weighted by Crippen LogP contribution is -2.45. The lowest BCUT2D eigenvalue weighted by Gasteiger charge is -2.33. The Hall–Kier alpha value is -2.67. The van der Waals surface area contributed by atoms with Crippen molar-refractivity contribution in [3.63, 3.8) is 0 Å². The van der Waals surface area contributed by atoms with E-state index in [1.807, 2.05) is 30.3 Å². The number of piperazine rings is 1. The van der Waals surface area contributed by atoms with Gasteiger partial charge in [-0.25, -0.2) is 0 Å². The van der Waals surface area contributed by atoms with Crippen LogP contribution >= 0.6 is 0 Å². The third-order valence-electron chi connectivity index (χ3n) is 5.65. The van der Waals surface area contributed by atoms with Gasteiger partial charge in [0.05, 0.1) is 0 Å². The molecule has 2 aromatic rings. The Morgan fingerprint density at radius 2 is 1.53 bits per heavy atom. The van der Waals surface area contributed by atoms with Crippen LogP contribution in [0, 0.1) is 0 Å². The number of nitrogens with one attached hydrogen (secondary N) is 1. The molecule has 1 saturated heterocycles. The predicted molar refractivity (Wildman–Crippen MR) is 124 cm³/mol. The Bertz CT molecular complexity index is 827. The molecule has 0 saturated carbocycles. The average Bonchev–Trinajstić information content (AvgIpc) is 2.81. The zero-order valence-corrected chi connectivity index (χ0v) is 18.7. The first-order valence-electron chi connectivity index (χ1n) is 11.1. The lowest BCUT2D eigenvalue weighted by molar-refractivity contribution is 0.103. The van der Waals surface area contributed by atoms with Crippen molar-refractivity contribution in [2.75, 3.05) is 67.1 Å². The molecule has 0 atom stereocenters. The third-order valence-corrected chi connectivity index (χ3v) is 5.65. The van der Waals surface area contributed by atoms with Gasteiger partial charge in [-0.3, -0.25) is 4.79 Å². The number of rotatable bonds is 9. The van der Waals surface area contributed by atoms with Gasteiger partial charge in [-0.15, -0.1) is 0 Å². The van der Waals surface area contributed by atoms with E-state index in [0.29, 0.717) is 17.1 Å². The topological polar surface area (TPSA) is 64.6 Å². The van der Waals surface area contributed by atoms with Crippen LogP contribution in [0.4, 0.5) is 17.6 Å². The van der Waals surface area contributed by atoms with Gasteiger partial charge in [0.25, 0.3) is 0 Å². The number of nitrogens with zero attached hydrogens (tertiary/aromatic N) is 5. The van der Waals surface area contributed by atoms with Gasteiger partial charge in [-0.05, 0) is 27.7 Å². The van der Waals surface area contributed by atoms with E-state index in [1.165, 1.54) is 0 Å². The molecule has 1 aromatic carbocycles. The minimum Gasteiger partial charge on any atom is -0.356 e. The fourth-order valence-electron chi connectivity index (χ4n) is 3.87. The molecule has 1 aliphatic rings. The van der Waals surface area contributed by atoms with Crippen LogP contribution < -0.4 is 20.0 Å². The normalized spacial score (nSPS) is 13.9. The van der Waals surface area contributed by atoms with Crippen molar-refractivity contribution in [3.05, 3.63) is 41.5 Å². The van der Waals surface area contributed by atoms with E-state index in [2.05, 4.69) is 47.7 Å². The van der Waals surface area contributed by atoms with Crippen molar-refractivity contribution in [3.8, 4) is 0 Å². The number of benzene rings is 1. The minimum absolute atomic E-state index is 0.0165. The number of carbonyl (C=O) groups excluding carboxylic acids is 1. The van der Waals surface area contributed by atoms with Crippen molar-refractivity contribution < 1.29 is 4.79 Å². The zero-order chi connectivity index (χ0) is 21.5. The van der Waals surface area contributed by atoms with Crippen LogP contribution in [0.2, 0.25) is 0 Å². The molecule has 2 heterocycles. The van der Waals surface area contributed by atoms with E-state index in [-0.39, 0.29) is 5.78 Å². The summed E-state index contributed by atoms with van der Waals surface area (Å²) in [7, 11) is 0. The van der Waals surface area contributed by atoms with Crippen LogP contribution in [-0.2, 0) is 0 Å². The zero-order valence-electron chi connectivity index (χ0n) is 18.7. The van der Waals surface area contributed by atoms with Gasteiger partial charge in [-0.1, -0.05) is 30.3 Å². The van der Waals surface area contributed by atoms with Crippen LogP contribution in [0.3, 0.4) is 0 Å². The van der Waals surface area contributed by atoms with E-state index >= 15 is 0 Å². The molecule has 1 fully saturated rings. The molecule has 1 aliphatic heterocycles. The van der Waals surface area contributed by atoms with Crippen LogP contribution in [0.25, 0.3) is 0 Å². The first-order valence-corrected chi connectivity index (χ1v) is 11.1. The summed E-state index contributed by atoms with van der Waals surface area (Å²) >= 11 is 0. The summed E-state index contributed by atoms with van der Waals surface area (Å²) in [5.74, 6) is 2.17. The molecule has 0 bridgehead atoms. The van der Waals surface area contributed by atoms with Gasteiger partial charge in [0, 0.05) is 57.9 Å². The second-order valence-corrected chi connectivity index (χ2v) is 7.32. The maximum atomic E-state index is 13.7. The number of carbonyl (C=O) groups is 1. The molecule has 3 rings (SSSR count). The molecule has 0 spiro atoms. The monoisotopic (exact) mass is 410 g/mol. The van der Waals surface area contributed by atoms with E-state index in [0.717, 1.165) is 64.0 Å². The summed E-state index contributed by atoms with van der Waals surface area (Å²) in [5.41, 5.74) is 1.28. The Kier molecular flexibility index (Phi) is 7.63. The Labute approximate surface area is 180 Å². The molecular formula is C23H34N6O. The summed E-state index contributed by atoms with van der Waals surface area (Å²) in [6.45, 7) is 15.0. The van der Waals surface area contributed by atoms with Crippen molar-refractivity contribution in [2.24, 2.45) is 0 Å². The highest BCUT2D eigenvalue weighted by molar-refractivity contribution is 6.15. The van der Waals surface area contributed by atoms with Crippen LogP contribution in [0.1, 0.15) is 43.6 Å². The molecule has 0 aliphatic carbocycles. The van der Waals surface area contributed by atoms with Crippen molar-refractivity contribution >= 4 is 23.4 Å². The minimum atomic E-state index is -0.0165. The van der Waals surface area contributed by atoms with Gasteiger partial charge in [0.15, 0.2) is 0 Å². The highest BCUT2D eigenvalue weighted by Gasteiger charge is 2.29. The van der Waals surface area contributed by atoms with E-state index < -0.39 is 0 Å². The second-order valence-electron chi connectivity index (χ2n) is 7.32. The number of anilines is 3. The van der Waals surface area contributed by atoms with Gasteiger partial charge in [0.1, 0.15) is 17.2 Å². The van der Waals surface area contributed by atoms with Crippen LogP contribution in [0.5, 0.6) is 0 Å². The van der Waals surface area contributed by atoms with Gasteiger partial charge in [0.2, 0.25) is 11.7 Å². The first kappa shape index (κ1) is 22.0. The Balaban J connectivity index is 2.25. The molecule has 7 nitrogen and oxygen atoms in total. The molecule has 162 valence electrons. The molecule has 7 heteroatoms. The Morgan fingerprint density at radius 1 is 0.933 bits per heavy atom. The number of hydrogen-bond donors (Lipinski definition) is 1. The van der Waals surface area contributed by atoms with Gasteiger partial charge >= 0.3 is 0 Å². The third kappa shape index (κ3) is 4.56. The molecule has 0 radical (unpaired) electrons. The summed E-state index contributed by atoms with van der Waals surface area (Å²) in [6.07, 6.45) is 0. The smallest absolute Gasteiger partial charge is 0.229 e. The van der Waals surface area contributed by atoms with E-state index in [9.17, 15) is 4.79 Å². The van der Waals surface area contributed by atoms with Gasteiger partial charge in [-0.2, -0.15) is 9.97 Å². The number of ketones is 1. The lowest BCUT2D eigenvalue weighted by atomic mass is 10.0. The largest absolute Gasteiger partial charge is 0.356 e. The molecule has 1 N–H and O–H groups in total. The first-order chi connectivity index (χ1) is 14.6. The molecule has 0 amide bonds. The van der Waals surface area contributed by atoms with Crippen molar-refractivity contribution in [1.82, 2.24) is 15.3 Å². The van der Waals surface area contributed by atoms with Crippen LogP contribution in [0.15, 0.2) is 30.3 Å². The fraction of sp³-hybridized carbons (Fsp3) is 0.522. The summed E-state index contributed by atoms with van der Waals surface area (Å²) in [4.78, 5) is 30.2. The average molecular weight is 411 g/mol. The highest BCUT2D eigenvalue weighted by Crippen LogP contribution is 2.32. The van der Waals surface area contributed by atoms with Crippen molar-refractivity contribution in [1.29, 1.82) is 0 Å². The van der Waals surface area contributed by atoms with E-state index in [1.54, 1.807) is 0 Å².